The largest absolute Gasteiger partial charge is 0.336 e. The van der Waals surface area contributed by atoms with Crippen molar-refractivity contribution in [2.75, 3.05) is 64.7 Å². The van der Waals surface area contributed by atoms with Crippen molar-refractivity contribution in [3.05, 3.63) is 35.6 Å². The van der Waals surface area contributed by atoms with Crippen molar-refractivity contribution in [3.63, 3.8) is 0 Å². The van der Waals surface area contributed by atoms with Gasteiger partial charge < -0.3 is 15.1 Å². The quantitative estimate of drug-likeness (QED) is 0.614. The molecular formula is C19H31FN4O3S. The van der Waals surface area contributed by atoms with Gasteiger partial charge in [-0.1, -0.05) is 13.8 Å². The lowest BCUT2D eigenvalue weighted by Gasteiger charge is -2.29. The minimum atomic E-state index is -3.42. The van der Waals surface area contributed by atoms with Crippen molar-refractivity contribution in [3.8, 4) is 0 Å². The van der Waals surface area contributed by atoms with Gasteiger partial charge in [-0.25, -0.2) is 12.8 Å². The molecule has 0 saturated carbocycles. The van der Waals surface area contributed by atoms with E-state index in [2.05, 4.69) is 10.2 Å². The smallest absolute Gasteiger partial charge is 0.253 e. The van der Waals surface area contributed by atoms with Gasteiger partial charge >= 0.3 is 0 Å². The Morgan fingerprint density at radius 2 is 1.68 bits per heavy atom. The third-order valence-electron chi connectivity index (χ3n) is 5.05. The van der Waals surface area contributed by atoms with E-state index in [1.807, 2.05) is 13.8 Å². The number of piperazine rings is 1. The van der Waals surface area contributed by atoms with Crippen LogP contribution in [0.2, 0.25) is 0 Å². The zero-order chi connectivity index (χ0) is 20.6. The van der Waals surface area contributed by atoms with E-state index in [4.69, 9.17) is 0 Å². The van der Waals surface area contributed by atoms with Crippen molar-refractivity contribution < 1.29 is 17.6 Å². The van der Waals surface area contributed by atoms with E-state index in [1.54, 1.807) is 4.90 Å². The Balaban J connectivity index is 2.08. The van der Waals surface area contributed by atoms with E-state index in [-0.39, 0.29) is 18.2 Å². The topological polar surface area (TPSA) is 73.0 Å². The summed E-state index contributed by atoms with van der Waals surface area (Å²) in [7, 11) is -3.42. The number of benzene rings is 1. The molecule has 0 radical (unpaired) electrons. The molecule has 0 aromatic heterocycles. The molecule has 1 aliphatic rings. The molecule has 1 fully saturated rings. The van der Waals surface area contributed by atoms with Crippen LogP contribution in [-0.4, -0.2) is 93.1 Å². The Hall–Kier alpha value is -1.55. The summed E-state index contributed by atoms with van der Waals surface area (Å²) in [5, 5.41) is 3.13. The van der Waals surface area contributed by atoms with Crippen molar-refractivity contribution in [2.24, 2.45) is 0 Å². The number of hydrogen-bond donors (Lipinski definition) is 1. The first-order valence-electron chi connectivity index (χ1n) is 9.83. The molecule has 1 aromatic rings. The second kappa shape index (κ2) is 10.8. The van der Waals surface area contributed by atoms with Crippen LogP contribution < -0.4 is 5.32 Å². The maximum atomic E-state index is 13.2. The van der Waals surface area contributed by atoms with Gasteiger partial charge in [0.1, 0.15) is 5.82 Å². The third kappa shape index (κ3) is 6.51. The second-order valence-electron chi connectivity index (χ2n) is 6.79. The zero-order valence-electron chi connectivity index (χ0n) is 16.7. The molecule has 1 aromatic carbocycles. The van der Waals surface area contributed by atoms with Gasteiger partial charge in [0.2, 0.25) is 10.0 Å². The summed E-state index contributed by atoms with van der Waals surface area (Å²) in [6.07, 6.45) is 0. The van der Waals surface area contributed by atoms with Crippen LogP contribution >= 0.6 is 0 Å². The average molecular weight is 415 g/mol. The van der Waals surface area contributed by atoms with Gasteiger partial charge in [0.15, 0.2) is 0 Å². The zero-order valence-corrected chi connectivity index (χ0v) is 17.5. The maximum Gasteiger partial charge on any atom is 0.253 e. The van der Waals surface area contributed by atoms with Crippen molar-refractivity contribution in [1.29, 1.82) is 0 Å². The SMILES string of the molecule is CCN(CC)CCN(CCS(=O)(=O)N1CCNCC1)C(=O)c1ccc(F)cc1. The van der Waals surface area contributed by atoms with Crippen LogP contribution in [0, 0.1) is 5.82 Å². The highest BCUT2D eigenvalue weighted by Gasteiger charge is 2.26. The van der Waals surface area contributed by atoms with Crippen molar-refractivity contribution in [1.82, 2.24) is 19.4 Å². The molecule has 0 unspecified atom stereocenters. The molecule has 158 valence electrons. The third-order valence-corrected chi connectivity index (χ3v) is 6.90. The summed E-state index contributed by atoms with van der Waals surface area (Å²) in [5.41, 5.74) is 0.362. The minimum absolute atomic E-state index is 0.113. The number of carbonyl (C=O) groups is 1. The van der Waals surface area contributed by atoms with Gasteiger partial charge in [-0.2, -0.15) is 4.31 Å². The second-order valence-corrected chi connectivity index (χ2v) is 8.88. The first-order chi connectivity index (χ1) is 13.4. The van der Waals surface area contributed by atoms with Crippen molar-refractivity contribution >= 4 is 15.9 Å². The lowest BCUT2D eigenvalue weighted by molar-refractivity contribution is 0.0747. The fraction of sp³-hybridized carbons (Fsp3) is 0.632. The molecule has 2 rings (SSSR count). The van der Waals surface area contributed by atoms with Gasteiger partial charge in [-0.3, -0.25) is 4.79 Å². The number of hydrogen-bond acceptors (Lipinski definition) is 5. The van der Waals surface area contributed by atoms with E-state index in [9.17, 15) is 17.6 Å². The first kappa shape index (κ1) is 22.7. The van der Waals surface area contributed by atoms with Gasteiger partial charge in [0, 0.05) is 51.4 Å². The number of carbonyl (C=O) groups excluding carboxylic acids is 1. The standard InChI is InChI=1S/C19H31FN4O3S/c1-3-22(4-2)13-14-23(19(25)17-5-7-18(20)8-6-17)15-16-28(26,27)24-11-9-21-10-12-24/h5-8,21H,3-4,9-16H2,1-2H3. The van der Waals surface area contributed by atoms with E-state index in [0.717, 1.165) is 13.1 Å². The fourth-order valence-electron chi connectivity index (χ4n) is 3.17. The molecule has 1 N–H and O–H groups in total. The van der Waals surface area contributed by atoms with Crippen LogP contribution in [0.15, 0.2) is 24.3 Å². The van der Waals surface area contributed by atoms with E-state index in [0.29, 0.717) is 44.8 Å². The molecule has 0 aliphatic carbocycles. The number of rotatable bonds is 10. The summed E-state index contributed by atoms with van der Waals surface area (Å²) in [6, 6.07) is 5.36. The van der Waals surface area contributed by atoms with Crippen molar-refractivity contribution in [2.45, 2.75) is 13.8 Å². The first-order valence-corrected chi connectivity index (χ1v) is 11.4. The molecule has 1 aliphatic heterocycles. The van der Waals surface area contributed by atoms with E-state index in [1.165, 1.54) is 28.6 Å². The number of nitrogens with zero attached hydrogens (tertiary/aromatic N) is 3. The van der Waals surface area contributed by atoms with Crippen LogP contribution in [0.5, 0.6) is 0 Å². The van der Waals surface area contributed by atoms with E-state index < -0.39 is 15.8 Å². The molecule has 7 nitrogen and oxygen atoms in total. The predicted octanol–water partition coefficient (Wildman–Crippen LogP) is 0.845. The number of nitrogens with one attached hydrogen (secondary N) is 1. The molecule has 0 atom stereocenters. The van der Waals surface area contributed by atoms with Gasteiger partial charge in [0.05, 0.1) is 5.75 Å². The Labute approximate surface area is 167 Å². The summed E-state index contributed by atoms with van der Waals surface area (Å²) in [6.45, 7) is 9.18. The molecule has 0 bridgehead atoms. The van der Waals surface area contributed by atoms with E-state index >= 15 is 0 Å². The Kier molecular flexibility index (Phi) is 8.81. The lowest BCUT2D eigenvalue weighted by Crippen LogP contribution is -2.49. The fourth-order valence-corrected chi connectivity index (χ4v) is 4.62. The lowest BCUT2D eigenvalue weighted by atomic mass is 10.2. The van der Waals surface area contributed by atoms with Crippen LogP contribution in [0.25, 0.3) is 0 Å². The number of halogens is 1. The van der Waals surface area contributed by atoms with Crippen LogP contribution in [0.1, 0.15) is 24.2 Å². The van der Waals surface area contributed by atoms with Crippen LogP contribution in [0.4, 0.5) is 4.39 Å². The normalized spacial score (nSPS) is 15.7. The summed E-state index contributed by atoms with van der Waals surface area (Å²) in [4.78, 5) is 16.6. The Morgan fingerprint density at radius 3 is 2.25 bits per heavy atom. The molecule has 1 saturated heterocycles. The van der Waals surface area contributed by atoms with Crippen LogP contribution in [0.3, 0.4) is 0 Å². The highest BCUT2D eigenvalue weighted by atomic mass is 32.2. The van der Waals surface area contributed by atoms with Crippen LogP contribution in [-0.2, 0) is 10.0 Å². The molecule has 1 amide bonds. The minimum Gasteiger partial charge on any atom is -0.336 e. The molecular weight excluding hydrogens is 383 g/mol. The molecule has 0 spiro atoms. The molecule has 9 heteroatoms. The number of sulfonamides is 1. The summed E-state index contributed by atoms with van der Waals surface area (Å²) in [5.74, 6) is -0.798. The molecule has 28 heavy (non-hydrogen) atoms. The highest BCUT2D eigenvalue weighted by molar-refractivity contribution is 7.89. The summed E-state index contributed by atoms with van der Waals surface area (Å²) < 4.78 is 40.0. The van der Waals surface area contributed by atoms with Gasteiger partial charge in [0.25, 0.3) is 5.91 Å². The van der Waals surface area contributed by atoms with Gasteiger partial charge in [-0.05, 0) is 37.4 Å². The average Bonchev–Trinajstić information content (AvgIpc) is 2.71. The maximum absolute atomic E-state index is 13.2. The van der Waals surface area contributed by atoms with Gasteiger partial charge in [-0.15, -0.1) is 0 Å². The molecule has 1 heterocycles. The highest BCUT2D eigenvalue weighted by Crippen LogP contribution is 2.10. The summed E-state index contributed by atoms with van der Waals surface area (Å²) >= 11 is 0. The monoisotopic (exact) mass is 414 g/mol. The predicted molar refractivity (Wildman–Crippen MR) is 108 cm³/mol. The number of amides is 1. The Bertz CT molecular complexity index is 717. The number of likely N-dealkylation sites (N-methyl/N-ethyl adjacent to an activating group) is 1. The Morgan fingerprint density at radius 1 is 1.07 bits per heavy atom.